The number of Topliss-reactive ketones (excluding diaryl/α,β-unsaturated/α-hetero) is 1. The molecule has 2 aromatic carbocycles. The van der Waals surface area contributed by atoms with E-state index in [9.17, 15) is 27.6 Å². The highest BCUT2D eigenvalue weighted by Crippen LogP contribution is 2.57. The Morgan fingerprint density at radius 1 is 1.03 bits per heavy atom. The number of para-hydroxylation sites is 1. The molecule has 7 rings (SSSR count). The van der Waals surface area contributed by atoms with Crippen LogP contribution in [-0.2, 0) is 40.5 Å². The number of carbonyl (C=O) groups excluding carboxylic acids is 4. The number of aromatic nitrogens is 3. The zero-order valence-electron chi connectivity index (χ0n) is 37.3. The van der Waals surface area contributed by atoms with Crippen LogP contribution in [0.4, 0.5) is 0 Å². The summed E-state index contributed by atoms with van der Waals surface area (Å²) in [4.78, 5) is 68.3. The van der Waals surface area contributed by atoms with E-state index in [4.69, 9.17) is 19.4 Å². The van der Waals surface area contributed by atoms with Gasteiger partial charge in [0.1, 0.15) is 22.2 Å². The van der Waals surface area contributed by atoms with Crippen LogP contribution in [0.25, 0.3) is 21.6 Å². The van der Waals surface area contributed by atoms with E-state index in [1.165, 1.54) is 24.6 Å². The van der Waals surface area contributed by atoms with E-state index >= 15 is 0 Å². The Labute approximate surface area is 374 Å². The van der Waals surface area contributed by atoms with Gasteiger partial charge >= 0.3 is 16.2 Å². The first-order valence-electron chi connectivity index (χ1n) is 22.0. The smallest absolute Gasteiger partial charge is 0.307 e. The zero-order chi connectivity index (χ0) is 45.3. The highest BCUT2D eigenvalue weighted by atomic mass is 32.2. The van der Waals surface area contributed by atoms with Gasteiger partial charge in [0.15, 0.2) is 5.78 Å². The lowest BCUT2D eigenvalue weighted by Crippen LogP contribution is -2.47. The Balaban J connectivity index is 1.21. The largest absolute Gasteiger partial charge is 0.460 e. The summed E-state index contributed by atoms with van der Waals surface area (Å²) in [7, 11) is -1.49. The fourth-order valence-corrected chi connectivity index (χ4v) is 10.3. The molecule has 1 saturated heterocycles. The molecule has 3 aliphatic rings. The molecule has 2 amide bonds. The van der Waals surface area contributed by atoms with E-state index in [1.807, 2.05) is 67.0 Å². The van der Waals surface area contributed by atoms with Crippen molar-refractivity contribution >= 4 is 56.1 Å². The quantitative estimate of drug-likeness (QED) is 0.118. The first-order chi connectivity index (χ1) is 29.8. The molecule has 0 bridgehead atoms. The molecule has 2 fully saturated rings. The number of esters is 1. The van der Waals surface area contributed by atoms with Crippen molar-refractivity contribution in [3.8, 4) is 16.6 Å². The third kappa shape index (κ3) is 10.6. The van der Waals surface area contributed by atoms with Crippen LogP contribution in [0, 0.1) is 17.3 Å². The minimum atomic E-state index is -4.14. The van der Waals surface area contributed by atoms with Crippen molar-refractivity contribution in [2.45, 2.75) is 123 Å². The molecule has 338 valence electrons. The molecule has 4 aromatic rings. The van der Waals surface area contributed by atoms with Crippen molar-refractivity contribution in [1.82, 2.24) is 28.5 Å². The van der Waals surface area contributed by atoms with Crippen LogP contribution in [0.1, 0.15) is 110 Å². The predicted octanol–water partition coefficient (Wildman–Crippen LogP) is 7.44. The van der Waals surface area contributed by atoms with E-state index in [-0.39, 0.29) is 49.5 Å². The summed E-state index contributed by atoms with van der Waals surface area (Å²) in [6.07, 6.45) is 7.38. The number of fused-ring (bicyclic) bond motifs is 3. The Morgan fingerprint density at radius 3 is 2.51 bits per heavy atom. The van der Waals surface area contributed by atoms with Gasteiger partial charge in [0.05, 0.1) is 35.6 Å². The number of rotatable bonds is 11. The minimum Gasteiger partial charge on any atom is -0.460 e. The lowest BCUT2D eigenvalue weighted by molar-refractivity contribution is -0.159. The average Bonchev–Trinajstić information content (AvgIpc) is 3.53. The number of benzene rings is 2. The molecule has 4 heterocycles. The van der Waals surface area contributed by atoms with Crippen molar-refractivity contribution in [2.75, 3.05) is 20.6 Å². The first kappa shape index (κ1) is 46.1. The van der Waals surface area contributed by atoms with Crippen LogP contribution in [0.2, 0.25) is 0 Å². The highest BCUT2D eigenvalue weighted by Gasteiger charge is 2.61. The summed E-state index contributed by atoms with van der Waals surface area (Å²) < 4.78 is 43.3. The number of nitrogens with one attached hydrogen (secondary N) is 1. The lowest BCUT2D eigenvalue weighted by Gasteiger charge is -2.29. The normalized spacial score (nSPS) is 24.1. The Hall–Kier alpha value is -4.93. The van der Waals surface area contributed by atoms with Crippen LogP contribution in [0.3, 0.4) is 0 Å². The summed E-state index contributed by atoms with van der Waals surface area (Å²) in [5.74, 6) is -3.07. The molecule has 1 N–H and O–H groups in total. The van der Waals surface area contributed by atoms with E-state index in [1.54, 1.807) is 32.1 Å². The number of carbonyl (C=O) groups is 4. The molecule has 0 radical (unpaired) electrons. The van der Waals surface area contributed by atoms with Gasteiger partial charge in [0.25, 0.3) is 6.01 Å². The van der Waals surface area contributed by atoms with Crippen LogP contribution < -0.4 is 9.46 Å². The first-order valence-corrected chi connectivity index (χ1v) is 24.3. The van der Waals surface area contributed by atoms with Crippen molar-refractivity contribution in [3.63, 3.8) is 0 Å². The van der Waals surface area contributed by atoms with Crippen molar-refractivity contribution in [1.29, 1.82) is 0 Å². The standard InChI is InChI=1S/C47H60N6O8S2/c1-30(2)53-37-22-16-21-36(42-48-34(29-62-42)23-31-17-12-11-13-18-31)41(37)49-45(53)60-35-25-38-39(54)27-47(44(57)50-63(58,59)51(6)7)26-33(47)20-15-10-8-9-14-19-32(43(56)52(38)28-35)24-40(55)61-46(3,4)5/h11-13,15-18,20-22,29-30,32-33,35,38H,8-10,14,19,23-28H2,1-7H3,(H,50,57)/b20-15-/t32-,33-,35-,38+,47-/m1/s1. The molecule has 5 atom stereocenters. The summed E-state index contributed by atoms with van der Waals surface area (Å²) in [6.45, 7) is 9.46. The fraction of sp³-hybridized carbons (Fsp3) is 0.532. The van der Waals surface area contributed by atoms with Gasteiger partial charge in [0.2, 0.25) is 11.8 Å². The number of hydrogen-bond acceptors (Lipinski definition) is 11. The number of thiazole rings is 1. The number of ether oxygens (including phenoxy) is 2. The average molecular weight is 901 g/mol. The summed E-state index contributed by atoms with van der Waals surface area (Å²) in [5.41, 5.74) is 2.50. The van der Waals surface area contributed by atoms with Gasteiger partial charge in [-0.25, -0.2) is 9.71 Å². The maximum absolute atomic E-state index is 14.8. The summed E-state index contributed by atoms with van der Waals surface area (Å²) >= 11 is 1.55. The Kier molecular flexibility index (Phi) is 13.6. The number of ketones is 1. The SMILES string of the molecule is CC(C)n1c(O[C@@H]2C[C@H]3C(=O)C[C@]4(C(=O)NS(=O)(=O)N(C)C)C[C@H]4/C=C\CCCCC[C@H](CC(=O)OC(C)(C)C)C(=O)N3C2)nc2c(-c3nc(Cc4ccccc4)cs3)cccc21. The maximum atomic E-state index is 14.8. The van der Waals surface area contributed by atoms with E-state index in [2.05, 4.69) is 22.2 Å². The molecule has 16 heteroatoms. The van der Waals surface area contributed by atoms with Gasteiger partial charge in [0, 0.05) is 56.3 Å². The van der Waals surface area contributed by atoms with Crippen molar-refractivity contribution < 1.29 is 37.1 Å². The lowest BCUT2D eigenvalue weighted by atomic mass is 9.90. The minimum absolute atomic E-state index is 0.0427. The zero-order valence-corrected chi connectivity index (χ0v) is 39.0. The molecule has 2 aromatic heterocycles. The van der Waals surface area contributed by atoms with Crippen LogP contribution in [0.5, 0.6) is 6.01 Å². The molecular weight excluding hydrogens is 841 g/mol. The Bertz CT molecular complexity index is 2470. The number of allylic oxidation sites excluding steroid dienone is 2. The highest BCUT2D eigenvalue weighted by molar-refractivity contribution is 7.87. The van der Waals surface area contributed by atoms with Gasteiger partial charge in [-0.2, -0.15) is 17.7 Å². The monoisotopic (exact) mass is 900 g/mol. The van der Waals surface area contributed by atoms with E-state index < -0.39 is 51.2 Å². The summed E-state index contributed by atoms with van der Waals surface area (Å²) in [6, 6.07) is 15.4. The maximum Gasteiger partial charge on any atom is 0.307 e. The molecule has 1 aliphatic carbocycles. The third-order valence-electron chi connectivity index (χ3n) is 12.2. The summed E-state index contributed by atoms with van der Waals surface area (Å²) in [5, 5.41) is 2.89. The molecule has 14 nitrogen and oxygen atoms in total. The number of hydrogen-bond donors (Lipinski definition) is 1. The van der Waals surface area contributed by atoms with Crippen molar-refractivity contribution in [2.24, 2.45) is 17.3 Å². The van der Waals surface area contributed by atoms with Crippen LogP contribution >= 0.6 is 11.3 Å². The molecule has 0 unspecified atom stereocenters. The van der Waals surface area contributed by atoms with E-state index in [0.29, 0.717) is 37.2 Å². The number of nitrogens with zero attached hydrogens (tertiary/aromatic N) is 5. The third-order valence-corrected chi connectivity index (χ3v) is 14.5. The second-order valence-corrected chi connectivity index (χ2v) is 21.4. The van der Waals surface area contributed by atoms with Gasteiger partial charge in [-0.1, -0.05) is 61.4 Å². The van der Waals surface area contributed by atoms with E-state index in [0.717, 1.165) is 45.3 Å². The van der Waals surface area contributed by atoms with Crippen molar-refractivity contribution in [3.05, 3.63) is 77.3 Å². The molecule has 63 heavy (non-hydrogen) atoms. The molecule has 1 saturated carbocycles. The molecule has 2 aliphatic heterocycles. The number of imidazole rings is 1. The molecule has 0 spiro atoms. The number of amides is 2. The van der Waals surface area contributed by atoms with Gasteiger partial charge in [-0.3, -0.25) is 23.7 Å². The predicted molar refractivity (Wildman–Crippen MR) is 242 cm³/mol. The van der Waals surface area contributed by atoms with Gasteiger partial charge in [-0.05, 0) is 83.9 Å². The van der Waals surface area contributed by atoms with Gasteiger partial charge in [-0.15, -0.1) is 11.3 Å². The second-order valence-electron chi connectivity index (χ2n) is 18.7. The second kappa shape index (κ2) is 18.7. The fourth-order valence-electron chi connectivity index (χ4n) is 8.84. The van der Waals surface area contributed by atoms with Gasteiger partial charge < -0.3 is 14.4 Å². The van der Waals surface area contributed by atoms with Crippen LogP contribution in [0.15, 0.2) is 66.1 Å². The molecular formula is C47H60N6O8S2. The Morgan fingerprint density at radius 2 is 1.79 bits per heavy atom. The topological polar surface area (TPSA) is 170 Å². The van der Waals surface area contributed by atoms with Crippen LogP contribution in [-0.4, -0.2) is 94.1 Å².